The molecule has 0 aliphatic carbocycles. The van der Waals surface area contributed by atoms with E-state index in [0.717, 1.165) is 15.0 Å². The average molecular weight is 340 g/mol. The number of ether oxygens (including phenoxy) is 1. The Morgan fingerprint density at radius 2 is 2.27 bits per heavy atom. The van der Waals surface area contributed by atoms with Crippen LogP contribution < -0.4 is 15.5 Å². The number of amides is 1. The molecule has 0 fully saturated rings. The van der Waals surface area contributed by atoms with Crippen molar-refractivity contribution in [3.8, 4) is 5.75 Å². The zero-order chi connectivity index (χ0) is 16.1. The van der Waals surface area contributed by atoms with Crippen LogP contribution in [0.1, 0.15) is 10.7 Å². The summed E-state index contributed by atoms with van der Waals surface area (Å²) in [6.07, 6.45) is 1.55. The first kappa shape index (κ1) is 16.5. The molecule has 0 atom stereocenters. The van der Waals surface area contributed by atoms with E-state index in [1.807, 2.05) is 6.92 Å². The van der Waals surface area contributed by atoms with Crippen molar-refractivity contribution in [1.29, 1.82) is 0 Å². The number of likely N-dealkylation sites (N-methyl/N-ethyl adjacent to an activating group) is 1. The topological polar surface area (TPSA) is 86.1 Å². The third-order valence-electron chi connectivity index (χ3n) is 2.85. The van der Waals surface area contributed by atoms with Crippen LogP contribution in [0.3, 0.4) is 0 Å². The second kappa shape index (κ2) is 7.41. The lowest BCUT2D eigenvalue weighted by atomic mass is 10.3. The Balaban J connectivity index is 2.25. The van der Waals surface area contributed by atoms with E-state index in [-0.39, 0.29) is 23.6 Å². The highest BCUT2D eigenvalue weighted by molar-refractivity contribution is 8.00. The fourth-order valence-corrected chi connectivity index (χ4v) is 3.53. The normalized spacial score (nSPS) is 10.5. The smallest absolute Gasteiger partial charge is 0.239 e. The van der Waals surface area contributed by atoms with Gasteiger partial charge < -0.3 is 14.6 Å². The quantitative estimate of drug-likeness (QED) is 0.791. The number of thioether (sulfide) groups is 1. The van der Waals surface area contributed by atoms with Crippen molar-refractivity contribution in [3.63, 3.8) is 0 Å². The van der Waals surface area contributed by atoms with Crippen LogP contribution in [-0.4, -0.2) is 34.8 Å². The van der Waals surface area contributed by atoms with Crippen LogP contribution in [0.25, 0.3) is 0 Å². The van der Waals surface area contributed by atoms with Crippen molar-refractivity contribution in [2.75, 3.05) is 14.2 Å². The van der Waals surface area contributed by atoms with Gasteiger partial charge in [-0.25, -0.2) is 0 Å². The first-order valence-electron chi connectivity index (χ1n) is 6.44. The molecule has 0 saturated heterocycles. The minimum Gasteiger partial charge on any atom is -0.491 e. The molecule has 0 unspecified atom stereocenters. The van der Waals surface area contributed by atoms with Gasteiger partial charge in [0.2, 0.25) is 11.3 Å². The highest BCUT2D eigenvalue weighted by atomic mass is 32.2. The molecule has 0 spiro atoms. The van der Waals surface area contributed by atoms with Crippen LogP contribution >= 0.6 is 23.1 Å². The Kier molecular flexibility index (Phi) is 5.56. The molecule has 1 amide bonds. The van der Waals surface area contributed by atoms with E-state index in [9.17, 15) is 9.59 Å². The molecular weight excluding hydrogens is 324 g/mol. The van der Waals surface area contributed by atoms with Gasteiger partial charge in [0.05, 0.1) is 13.3 Å². The first-order valence-corrected chi connectivity index (χ1v) is 8.24. The number of rotatable bonds is 6. The van der Waals surface area contributed by atoms with Crippen LogP contribution in [0, 0.1) is 6.92 Å². The first-order chi connectivity index (χ1) is 10.5. The van der Waals surface area contributed by atoms with Gasteiger partial charge in [-0.3, -0.25) is 9.59 Å². The maximum absolute atomic E-state index is 11.9. The number of hydrogen-bond donors (Lipinski definition) is 1. The lowest BCUT2D eigenvalue weighted by Gasteiger charge is -2.13. The molecule has 0 aliphatic heterocycles. The molecule has 0 bridgehead atoms. The molecule has 2 aromatic heterocycles. The van der Waals surface area contributed by atoms with Crippen LogP contribution in [0.4, 0.5) is 0 Å². The van der Waals surface area contributed by atoms with Crippen LogP contribution in [-0.2, 0) is 17.1 Å². The zero-order valence-electron chi connectivity index (χ0n) is 12.5. The molecule has 2 aromatic rings. The SMILES string of the molecule is CNC(=O)Cn1cc(OC)c(=O)cc1CSc1nnc(C)s1. The number of carbonyl (C=O) groups is 1. The number of pyridine rings is 1. The van der Waals surface area contributed by atoms with Gasteiger partial charge in [-0.1, -0.05) is 23.1 Å². The van der Waals surface area contributed by atoms with Gasteiger partial charge in [0.25, 0.3) is 0 Å². The second-order valence-corrected chi connectivity index (χ2v) is 6.78. The molecule has 22 heavy (non-hydrogen) atoms. The lowest BCUT2D eigenvalue weighted by Crippen LogP contribution is -2.26. The van der Waals surface area contributed by atoms with E-state index in [1.165, 1.54) is 36.3 Å². The molecule has 118 valence electrons. The van der Waals surface area contributed by atoms with E-state index in [2.05, 4.69) is 15.5 Å². The molecule has 0 saturated carbocycles. The summed E-state index contributed by atoms with van der Waals surface area (Å²) in [6, 6.07) is 1.49. The van der Waals surface area contributed by atoms with Gasteiger partial charge in [0.1, 0.15) is 11.6 Å². The summed E-state index contributed by atoms with van der Waals surface area (Å²) in [7, 11) is 3.00. The number of methoxy groups -OCH3 is 1. The van der Waals surface area contributed by atoms with E-state index in [0.29, 0.717) is 5.75 Å². The number of aryl methyl sites for hydroxylation is 1. The molecule has 2 heterocycles. The van der Waals surface area contributed by atoms with Crippen molar-refractivity contribution < 1.29 is 9.53 Å². The van der Waals surface area contributed by atoms with Crippen LogP contribution in [0.2, 0.25) is 0 Å². The fraction of sp³-hybridized carbons (Fsp3) is 0.385. The summed E-state index contributed by atoms with van der Waals surface area (Å²) in [5.74, 6) is 0.582. The predicted molar refractivity (Wildman–Crippen MR) is 85.5 cm³/mol. The Labute approximate surface area is 135 Å². The van der Waals surface area contributed by atoms with E-state index < -0.39 is 0 Å². The molecule has 0 radical (unpaired) electrons. The third kappa shape index (κ3) is 4.08. The summed E-state index contributed by atoms with van der Waals surface area (Å²) < 4.78 is 7.56. The summed E-state index contributed by atoms with van der Waals surface area (Å²) in [6.45, 7) is 2.01. The van der Waals surface area contributed by atoms with Crippen molar-refractivity contribution >= 4 is 29.0 Å². The maximum atomic E-state index is 11.9. The Hall–Kier alpha value is -1.87. The zero-order valence-corrected chi connectivity index (χ0v) is 14.1. The predicted octanol–water partition coefficient (Wildman–Crippen LogP) is 1.06. The van der Waals surface area contributed by atoms with E-state index in [4.69, 9.17) is 4.74 Å². The Morgan fingerprint density at radius 1 is 1.50 bits per heavy atom. The minimum atomic E-state index is -0.209. The van der Waals surface area contributed by atoms with E-state index >= 15 is 0 Å². The van der Waals surface area contributed by atoms with Crippen molar-refractivity contribution in [1.82, 2.24) is 20.1 Å². The number of nitrogens with one attached hydrogen (secondary N) is 1. The second-order valence-electron chi connectivity index (χ2n) is 4.37. The number of hydrogen-bond acceptors (Lipinski definition) is 7. The monoisotopic (exact) mass is 340 g/mol. The third-order valence-corrected chi connectivity index (χ3v) is 4.85. The van der Waals surface area contributed by atoms with Gasteiger partial charge in [0, 0.05) is 24.6 Å². The molecule has 0 aromatic carbocycles. The van der Waals surface area contributed by atoms with Crippen molar-refractivity contribution in [2.45, 2.75) is 23.6 Å². The molecule has 7 nitrogen and oxygen atoms in total. The molecule has 1 N–H and O–H groups in total. The summed E-state index contributed by atoms with van der Waals surface area (Å²) in [4.78, 5) is 23.5. The van der Waals surface area contributed by atoms with Gasteiger partial charge in [-0.05, 0) is 6.92 Å². The highest BCUT2D eigenvalue weighted by Crippen LogP contribution is 2.25. The van der Waals surface area contributed by atoms with Crippen LogP contribution in [0.5, 0.6) is 5.75 Å². The fourth-order valence-electron chi connectivity index (χ4n) is 1.72. The molecule has 0 aliphatic rings. The van der Waals surface area contributed by atoms with Gasteiger partial charge in [-0.2, -0.15) is 0 Å². The standard InChI is InChI=1S/C13H16N4O3S2/c1-8-15-16-13(22-8)21-7-9-4-10(18)11(20-3)5-17(9)6-12(19)14-2/h4-5H,6-7H2,1-3H3,(H,14,19). The van der Waals surface area contributed by atoms with Crippen LogP contribution in [0.15, 0.2) is 21.4 Å². The van der Waals surface area contributed by atoms with Crippen molar-refractivity contribution in [3.05, 3.63) is 33.2 Å². The highest BCUT2D eigenvalue weighted by Gasteiger charge is 2.11. The maximum Gasteiger partial charge on any atom is 0.239 e. The van der Waals surface area contributed by atoms with E-state index in [1.54, 1.807) is 17.8 Å². The molecule has 2 rings (SSSR count). The van der Waals surface area contributed by atoms with Gasteiger partial charge in [0.15, 0.2) is 10.1 Å². The summed E-state index contributed by atoms with van der Waals surface area (Å²) in [5, 5.41) is 11.4. The Bertz CT molecular complexity index is 726. The molecular formula is C13H16N4O3S2. The Morgan fingerprint density at radius 3 is 2.86 bits per heavy atom. The summed E-state index contributed by atoms with van der Waals surface area (Å²) >= 11 is 2.97. The molecule has 9 heteroatoms. The average Bonchev–Trinajstić information content (AvgIpc) is 2.92. The van der Waals surface area contributed by atoms with Gasteiger partial charge >= 0.3 is 0 Å². The number of carbonyl (C=O) groups excluding carboxylic acids is 1. The summed E-state index contributed by atoms with van der Waals surface area (Å²) in [5.41, 5.74) is 0.520. The number of nitrogens with zero attached hydrogens (tertiary/aromatic N) is 3. The number of aromatic nitrogens is 3. The van der Waals surface area contributed by atoms with Gasteiger partial charge in [-0.15, -0.1) is 10.2 Å². The van der Waals surface area contributed by atoms with Crippen molar-refractivity contribution in [2.24, 2.45) is 0 Å². The minimum absolute atomic E-state index is 0.123. The largest absolute Gasteiger partial charge is 0.491 e. The lowest BCUT2D eigenvalue weighted by molar-refractivity contribution is -0.121.